The molecule has 0 aliphatic heterocycles. The van der Waals surface area contributed by atoms with Crippen LogP contribution in [0.4, 0.5) is 4.79 Å². The minimum atomic E-state index is -1.33. The lowest BCUT2D eigenvalue weighted by Crippen LogP contribution is -2.03. The van der Waals surface area contributed by atoms with Gasteiger partial charge in [0.2, 0.25) is 0 Å². The fourth-order valence-corrected chi connectivity index (χ4v) is 0.440. The van der Waals surface area contributed by atoms with Crippen molar-refractivity contribution in [3.63, 3.8) is 0 Å². The fraction of sp³-hybridized carbons (Fsp3) is 0. The number of ketones is 2. The van der Waals surface area contributed by atoms with Crippen molar-refractivity contribution in [2.24, 2.45) is 5.73 Å². The quantitative estimate of drug-likeness (QED) is 0.493. The van der Waals surface area contributed by atoms with Crippen LogP contribution < -0.4 is 5.73 Å². The summed E-state index contributed by atoms with van der Waals surface area (Å²) in [5.41, 5.74) is 4.03. The topological polar surface area (TPSA) is 97.5 Å². The van der Waals surface area contributed by atoms with E-state index >= 15 is 0 Å². The predicted molar refractivity (Wildman–Crippen MR) is 40.5 cm³/mol. The molecule has 12 heavy (non-hydrogen) atoms. The van der Waals surface area contributed by atoms with E-state index in [-0.39, 0.29) is 11.6 Å². The summed E-state index contributed by atoms with van der Waals surface area (Å²) in [4.78, 5) is 29.3. The van der Waals surface area contributed by atoms with E-state index in [2.05, 4.69) is 5.73 Å². The molecule has 5 heteroatoms. The van der Waals surface area contributed by atoms with Gasteiger partial charge in [-0.05, 0) is 24.3 Å². The number of carboxylic acid groups (broad SMARTS) is 1. The van der Waals surface area contributed by atoms with Gasteiger partial charge in [-0.15, -0.1) is 0 Å². The van der Waals surface area contributed by atoms with Crippen molar-refractivity contribution in [3.05, 3.63) is 24.3 Å². The second-order valence-electron chi connectivity index (χ2n) is 1.81. The van der Waals surface area contributed by atoms with Crippen molar-refractivity contribution >= 4 is 17.7 Å². The number of carbonyl (C=O) groups excluding carboxylic acids is 2. The molecule has 5 nitrogen and oxygen atoms in total. The Labute approximate surface area is 68.2 Å². The first-order valence-corrected chi connectivity index (χ1v) is 2.95. The minimum absolute atomic E-state index is 0.121. The maximum Gasteiger partial charge on any atom is 0.402 e. The largest absolute Gasteiger partial charge is 0.465 e. The first-order valence-electron chi connectivity index (χ1n) is 2.95. The van der Waals surface area contributed by atoms with E-state index in [0.717, 1.165) is 0 Å². The third kappa shape index (κ3) is 6.21. The third-order valence-corrected chi connectivity index (χ3v) is 0.824. The van der Waals surface area contributed by atoms with E-state index in [9.17, 15) is 9.59 Å². The zero-order valence-electron chi connectivity index (χ0n) is 6.06. The van der Waals surface area contributed by atoms with Crippen LogP contribution in [-0.4, -0.2) is 22.8 Å². The summed E-state index contributed by atoms with van der Waals surface area (Å²) in [5.74, 6) is -0.241. The van der Waals surface area contributed by atoms with Crippen LogP contribution in [0, 0.1) is 0 Å². The van der Waals surface area contributed by atoms with E-state index in [1.165, 1.54) is 24.3 Å². The van der Waals surface area contributed by atoms with E-state index < -0.39 is 6.09 Å². The fourth-order valence-electron chi connectivity index (χ4n) is 0.440. The molecule has 0 unspecified atom stereocenters. The molecule has 0 aromatic heterocycles. The van der Waals surface area contributed by atoms with Crippen LogP contribution in [-0.2, 0) is 9.59 Å². The molecule has 0 atom stereocenters. The second kappa shape index (κ2) is 4.84. The van der Waals surface area contributed by atoms with Crippen LogP contribution >= 0.6 is 0 Å². The van der Waals surface area contributed by atoms with Gasteiger partial charge >= 0.3 is 6.09 Å². The molecule has 1 aliphatic carbocycles. The highest BCUT2D eigenvalue weighted by Gasteiger charge is 1.97. The number of allylic oxidation sites excluding steroid dienone is 4. The SMILES string of the molecule is NC(=O)O.O=C1C=CC(=O)C=C1. The molecular formula is C7H7NO4. The van der Waals surface area contributed by atoms with Crippen molar-refractivity contribution in [2.75, 3.05) is 0 Å². The summed E-state index contributed by atoms with van der Waals surface area (Å²) in [6.07, 6.45) is 3.68. The lowest BCUT2D eigenvalue weighted by molar-refractivity contribution is -0.113. The Balaban J connectivity index is 0.000000261. The molecule has 0 heterocycles. The lowest BCUT2D eigenvalue weighted by Gasteiger charge is -1.87. The Kier molecular flexibility index (Phi) is 4.07. The van der Waals surface area contributed by atoms with Crippen LogP contribution in [0.25, 0.3) is 0 Å². The molecule has 0 fully saturated rings. The predicted octanol–water partition coefficient (Wildman–Crippen LogP) is -0.126. The Morgan fingerprint density at radius 1 is 1.08 bits per heavy atom. The Bertz CT molecular complexity index is 223. The molecule has 1 aliphatic rings. The van der Waals surface area contributed by atoms with Gasteiger partial charge in [-0.3, -0.25) is 9.59 Å². The van der Waals surface area contributed by atoms with Gasteiger partial charge in [-0.25, -0.2) is 4.79 Å². The summed E-state index contributed by atoms with van der Waals surface area (Å²) in [5, 5.41) is 7.19. The van der Waals surface area contributed by atoms with Gasteiger partial charge in [0, 0.05) is 0 Å². The molecule has 1 amide bonds. The van der Waals surface area contributed by atoms with Crippen LogP contribution in [0.5, 0.6) is 0 Å². The summed E-state index contributed by atoms with van der Waals surface area (Å²) in [6, 6.07) is 0. The van der Waals surface area contributed by atoms with Gasteiger partial charge in [0.1, 0.15) is 0 Å². The highest BCUT2D eigenvalue weighted by atomic mass is 16.4. The molecule has 3 N–H and O–H groups in total. The zero-order chi connectivity index (χ0) is 9.56. The molecular weight excluding hydrogens is 162 g/mol. The highest BCUT2D eigenvalue weighted by Crippen LogP contribution is 1.90. The third-order valence-electron chi connectivity index (χ3n) is 0.824. The van der Waals surface area contributed by atoms with Crippen LogP contribution in [0.15, 0.2) is 24.3 Å². The maximum absolute atomic E-state index is 10.3. The average Bonchev–Trinajstić information content (AvgIpc) is 1.94. The van der Waals surface area contributed by atoms with Crippen molar-refractivity contribution in [1.82, 2.24) is 0 Å². The first kappa shape index (κ1) is 10.1. The number of hydrogen-bond donors (Lipinski definition) is 2. The molecule has 0 saturated heterocycles. The summed E-state index contributed by atoms with van der Waals surface area (Å²) in [6.45, 7) is 0. The Morgan fingerprint density at radius 3 is 1.42 bits per heavy atom. The normalized spacial score (nSPS) is 13.7. The smallest absolute Gasteiger partial charge is 0.402 e. The molecule has 0 bridgehead atoms. The van der Waals surface area contributed by atoms with Crippen LogP contribution in [0.3, 0.4) is 0 Å². The number of nitrogens with two attached hydrogens (primary N) is 1. The highest BCUT2D eigenvalue weighted by molar-refractivity contribution is 6.14. The summed E-state index contributed by atoms with van der Waals surface area (Å²) >= 11 is 0. The van der Waals surface area contributed by atoms with Crippen molar-refractivity contribution < 1.29 is 19.5 Å². The van der Waals surface area contributed by atoms with Crippen molar-refractivity contribution in [1.29, 1.82) is 0 Å². The second-order valence-corrected chi connectivity index (χ2v) is 1.81. The molecule has 0 radical (unpaired) electrons. The summed E-state index contributed by atoms with van der Waals surface area (Å²) in [7, 11) is 0. The van der Waals surface area contributed by atoms with Crippen LogP contribution in [0.1, 0.15) is 0 Å². The first-order chi connectivity index (χ1) is 5.52. The molecule has 0 spiro atoms. The number of carbonyl (C=O) groups is 3. The van der Waals surface area contributed by atoms with Gasteiger partial charge < -0.3 is 10.8 Å². The van der Waals surface area contributed by atoms with Gasteiger partial charge in [0.25, 0.3) is 0 Å². The molecule has 0 saturated carbocycles. The number of primary amides is 1. The molecule has 0 aromatic rings. The number of amides is 1. The van der Waals surface area contributed by atoms with E-state index in [1.54, 1.807) is 0 Å². The molecule has 1 rings (SSSR count). The summed E-state index contributed by atoms with van der Waals surface area (Å²) < 4.78 is 0. The van der Waals surface area contributed by atoms with Crippen molar-refractivity contribution in [2.45, 2.75) is 0 Å². The molecule has 0 aromatic carbocycles. The minimum Gasteiger partial charge on any atom is -0.465 e. The molecule has 64 valence electrons. The lowest BCUT2D eigenvalue weighted by atomic mass is 10.2. The Morgan fingerprint density at radius 2 is 1.25 bits per heavy atom. The average molecular weight is 169 g/mol. The van der Waals surface area contributed by atoms with E-state index in [4.69, 9.17) is 9.90 Å². The van der Waals surface area contributed by atoms with Gasteiger partial charge in [-0.2, -0.15) is 0 Å². The zero-order valence-corrected chi connectivity index (χ0v) is 6.06. The van der Waals surface area contributed by atoms with E-state index in [0.29, 0.717) is 0 Å². The monoisotopic (exact) mass is 169 g/mol. The maximum atomic E-state index is 10.3. The number of rotatable bonds is 0. The van der Waals surface area contributed by atoms with Crippen LogP contribution in [0.2, 0.25) is 0 Å². The van der Waals surface area contributed by atoms with Gasteiger partial charge in [0.15, 0.2) is 11.6 Å². The standard InChI is InChI=1S/C6H4O2.CH3NO2/c7-5-1-2-6(8)4-3-5;2-1(3)4/h1-4H;2H2,(H,3,4). The van der Waals surface area contributed by atoms with Crippen molar-refractivity contribution in [3.8, 4) is 0 Å². The Hall–Kier alpha value is -1.91. The van der Waals surface area contributed by atoms with Gasteiger partial charge in [-0.1, -0.05) is 0 Å². The van der Waals surface area contributed by atoms with Gasteiger partial charge in [0.05, 0.1) is 0 Å². The number of hydrogen-bond acceptors (Lipinski definition) is 3. The van der Waals surface area contributed by atoms with E-state index in [1.807, 2.05) is 0 Å².